The molecule has 0 fully saturated rings. The Labute approximate surface area is 127 Å². The van der Waals surface area contributed by atoms with Gasteiger partial charge in [-0.3, -0.25) is 9.59 Å². The molecule has 1 amide bonds. The Morgan fingerprint density at radius 3 is 2.73 bits per heavy atom. The summed E-state index contributed by atoms with van der Waals surface area (Å²) >= 11 is 0. The molecule has 7 nitrogen and oxygen atoms in total. The number of carbonyl (C=O) groups excluding carboxylic acids is 2. The van der Waals surface area contributed by atoms with Crippen LogP contribution in [0.3, 0.4) is 0 Å². The van der Waals surface area contributed by atoms with E-state index in [2.05, 4.69) is 5.32 Å². The molecule has 7 heteroatoms. The molecule has 1 unspecified atom stereocenters. The van der Waals surface area contributed by atoms with Gasteiger partial charge in [-0.25, -0.2) is 4.79 Å². The van der Waals surface area contributed by atoms with Crippen molar-refractivity contribution in [3.8, 4) is 0 Å². The number of methoxy groups -OCH3 is 1. The number of ether oxygens (including phenoxy) is 1. The van der Waals surface area contributed by atoms with Crippen molar-refractivity contribution in [3.63, 3.8) is 0 Å². The van der Waals surface area contributed by atoms with Gasteiger partial charge in [-0.05, 0) is 13.3 Å². The van der Waals surface area contributed by atoms with E-state index < -0.39 is 17.9 Å². The summed E-state index contributed by atoms with van der Waals surface area (Å²) in [5, 5.41) is 11.5. The van der Waals surface area contributed by atoms with E-state index in [1.54, 1.807) is 6.92 Å². The number of nitrogens with one attached hydrogen (secondary N) is 1. The van der Waals surface area contributed by atoms with Crippen molar-refractivity contribution >= 4 is 17.7 Å². The number of carbonyl (C=O) groups is 3. The minimum absolute atomic E-state index is 0.0175. The number of ketones is 1. The van der Waals surface area contributed by atoms with Gasteiger partial charge >= 0.3 is 5.97 Å². The van der Waals surface area contributed by atoms with Gasteiger partial charge < -0.3 is 19.6 Å². The summed E-state index contributed by atoms with van der Waals surface area (Å²) in [4.78, 5) is 35.3. The lowest BCUT2D eigenvalue weighted by atomic mass is 9.94. The lowest BCUT2D eigenvalue weighted by Gasteiger charge is -2.13. The Bertz CT molecular complexity index is 603. The number of carboxylic acid groups (broad SMARTS) is 1. The van der Waals surface area contributed by atoms with Gasteiger partial charge in [-0.1, -0.05) is 0 Å². The molecule has 120 valence electrons. The summed E-state index contributed by atoms with van der Waals surface area (Å²) in [7, 11) is 1.46. The zero-order valence-electron chi connectivity index (χ0n) is 12.6. The van der Waals surface area contributed by atoms with Crippen LogP contribution in [0.2, 0.25) is 0 Å². The highest BCUT2D eigenvalue weighted by molar-refractivity contribution is 6.03. The molecule has 1 aliphatic carbocycles. The van der Waals surface area contributed by atoms with Crippen LogP contribution in [-0.2, 0) is 16.0 Å². The predicted octanol–water partition coefficient (Wildman–Crippen LogP) is 1.33. The van der Waals surface area contributed by atoms with Crippen molar-refractivity contribution in [2.24, 2.45) is 0 Å². The molecule has 0 aliphatic heterocycles. The largest absolute Gasteiger partial charge is 0.480 e. The number of carboxylic acids is 1. The number of aryl methyl sites for hydroxylation is 1. The quantitative estimate of drug-likeness (QED) is 0.821. The Hall–Kier alpha value is -2.15. The van der Waals surface area contributed by atoms with Crippen LogP contribution in [0.5, 0.6) is 0 Å². The van der Waals surface area contributed by atoms with Gasteiger partial charge in [0.1, 0.15) is 11.8 Å². The molecule has 0 spiro atoms. The number of hydrogen-bond donors (Lipinski definition) is 2. The number of amides is 1. The molecule has 1 aliphatic rings. The van der Waals surface area contributed by atoms with Gasteiger partial charge in [0.05, 0.1) is 5.56 Å². The number of fused-ring (bicyclic) bond motifs is 1. The zero-order valence-corrected chi connectivity index (χ0v) is 12.6. The fourth-order valence-corrected chi connectivity index (χ4v) is 2.58. The maximum atomic E-state index is 12.2. The van der Waals surface area contributed by atoms with Crippen LogP contribution < -0.4 is 5.32 Å². The topological polar surface area (TPSA) is 106 Å². The maximum absolute atomic E-state index is 12.2. The monoisotopic (exact) mass is 309 g/mol. The highest BCUT2D eigenvalue weighted by Gasteiger charge is 2.30. The van der Waals surface area contributed by atoms with Gasteiger partial charge in [0.15, 0.2) is 11.5 Å². The van der Waals surface area contributed by atoms with E-state index in [1.807, 2.05) is 0 Å². The first kappa shape index (κ1) is 16.2. The second-order valence-electron chi connectivity index (χ2n) is 5.28. The molecular formula is C15H19NO6. The smallest absolute Gasteiger partial charge is 0.326 e. The van der Waals surface area contributed by atoms with Crippen molar-refractivity contribution < 1.29 is 28.6 Å². The van der Waals surface area contributed by atoms with E-state index in [0.717, 1.165) is 0 Å². The van der Waals surface area contributed by atoms with Crippen LogP contribution in [0.15, 0.2) is 4.42 Å². The predicted molar refractivity (Wildman–Crippen MR) is 76.1 cm³/mol. The van der Waals surface area contributed by atoms with Crippen LogP contribution in [-0.4, -0.2) is 42.5 Å². The van der Waals surface area contributed by atoms with Crippen LogP contribution in [0.4, 0.5) is 0 Å². The molecule has 1 aromatic rings. The number of furan rings is 1. The molecule has 2 N–H and O–H groups in total. The number of hydrogen-bond acceptors (Lipinski definition) is 5. The molecule has 0 aromatic carbocycles. The summed E-state index contributed by atoms with van der Waals surface area (Å²) in [6.07, 6.45) is 1.91. The number of aliphatic carboxylic acids is 1. The second-order valence-corrected chi connectivity index (χ2v) is 5.28. The Balaban J connectivity index is 2.19. The van der Waals surface area contributed by atoms with Crippen molar-refractivity contribution in [2.45, 2.75) is 38.6 Å². The number of Topliss-reactive ketones (excluding diaryl/α,β-unsaturated/α-hetero) is 1. The van der Waals surface area contributed by atoms with E-state index >= 15 is 0 Å². The first-order valence-corrected chi connectivity index (χ1v) is 7.13. The van der Waals surface area contributed by atoms with Crippen LogP contribution >= 0.6 is 0 Å². The van der Waals surface area contributed by atoms with E-state index in [9.17, 15) is 14.4 Å². The number of rotatable bonds is 6. The maximum Gasteiger partial charge on any atom is 0.326 e. The van der Waals surface area contributed by atoms with Crippen molar-refractivity contribution in [3.05, 3.63) is 22.6 Å². The molecule has 0 radical (unpaired) electrons. The van der Waals surface area contributed by atoms with E-state index in [-0.39, 0.29) is 24.6 Å². The highest BCUT2D eigenvalue weighted by atomic mass is 16.5. The average Bonchev–Trinajstić information content (AvgIpc) is 2.81. The molecular weight excluding hydrogens is 290 g/mol. The Kier molecular flexibility index (Phi) is 4.97. The minimum atomic E-state index is -1.14. The van der Waals surface area contributed by atoms with Gasteiger partial charge in [-0.2, -0.15) is 0 Å². The normalized spacial score (nSPS) is 15.3. The Morgan fingerprint density at radius 2 is 2.14 bits per heavy atom. The van der Waals surface area contributed by atoms with Crippen molar-refractivity contribution in [1.29, 1.82) is 0 Å². The molecule has 1 aromatic heterocycles. The molecule has 1 atom stereocenters. The van der Waals surface area contributed by atoms with Gasteiger partial charge in [0, 0.05) is 38.5 Å². The summed E-state index contributed by atoms with van der Waals surface area (Å²) in [6.45, 7) is 1.86. The first-order chi connectivity index (χ1) is 10.5. The van der Waals surface area contributed by atoms with Gasteiger partial charge in [-0.15, -0.1) is 0 Å². The highest BCUT2D eigenvalue weighted by Crippen LogP contribution is 2.29. The molecule has 0 saturated heterocycles. The van der Waals surface area contributed by atoms with Gasteiger partial charge in [0.2, 0.25) is 0 Å². The fraction of sp³-hybridized carbons (Fsp3) is 0.533. The first-order valence-electron chi connectivity index (χ1n) is 7.13. The summed E-state index contributed by atoms with van der Waals surface area (Å²) in [5.41, 5.74) is 0.952. The van der Waals surface area contributed by atoms with E-state index in [1.165, 1.54) is 7.11 Å². The van der Waals surface area contributed by atoms with E-state index in [0.29, 0.717) is 36.1 Å². The van der Waals surface area contributed by atoms with Crippen LogP contribution in [0.25, 0.3) is 0 Å². The van der Waals surface area contributed by atoms with Crippen LogP contribution in [0.1, 0.15) is 51.5 Å². The minimum Gasteiger partial charge on any atom is -0.480 e. The van der Waals surface area contributed by atoms with Crippen molar-refractivity contribution in [2.75, 3.05) is 13.7 Å². The molecule has 22 heavy (non-hydrogen) atoms. The third kappa shape index (κ3) is 3.19. The molecule has 0 bridgehead atoms. The third-order valence-electron chi connectivity index (χ3n) is 3.73. The third-order valence-corrected chi connectivity index (χ3v) is 3.73. The SMILES string of the molecule is COCCC(NC(=O)c1oc2c(c1C)C(=O)CCC2)C(=O)O. The molecule has 2 rings (SSSR count). The van der Waals surface area contributed by atoms with Crippen LogP contribution in [0, 0.1) is 6.92 Å². The Morgan fingerprint density at radius 1 is 1.41 bits per heavy atom. The lowest BCUT2D eigenvalue weighted by Crippen LogP contribution is -2.41. The summed E-state index contributed by atoms with van der Waals surface area (Å²) in [5.74, 6) is -1.26. The second kappa shape index (κ2) is 6.74. The molecule has 1 heterocycles. The van der Waals surface area contributed by atoms with E-state index in [4.69, 9.17) is 14.3 Å². The summed E-state index contributed by atoms with van der Waals surface area (Å²) < 4.78 is 10.3. The lowest BCUT2D eigenvalue weighted by molar-refractivity contribution is -0.139. The fourth-order valence-electron chi connectivity index (χ4n) is 2.58. The standard InChI is InChI=1S/C15H19NO6/c1-8-12-10(17)4-3-5-11(12)22-13(8)14(18)16-9(15(19)20)6-7-21-2/h9H,3-7H2,1-2H3,(H,16,18)(H,19,20). The van der Waals surface area contributed by atoms with Crippen molar-refractivity contribution in [1.82, 2.24) is 5.32 Å². The summed E-state index contributed by atoms with van der Waals surface area (Å²) in [6, 6.07) is -1.07. The zero-order chi connectivity index (χ0) is 16.3. The molecule has 0 saturated carbocycles. The average molecular weight is 309 g/mol. The van der Waals surface area contributed by atoms with Gasteiger partial charge in [0.25, 0.3) is 5.91 Å².